The molecule has 2 rings (SSSR count). The molecule has 1 aliphatic heterocycles. The van der Waals surface area contributed by atoms with E-state index in [0.717, 1.165) is 11.3 Å². The van der Waals surface area contributed by atoms with E-state index >= 15 is 0 Å². The number of nitrogens with zero attached hydrogens (tertiary/aromatic N) is 1. The molecule has 132 valence electrons. The highest BCUT2D eigenvalue weighted by molar-refractivity contribution is 7.12. The number of carbonyl (C=O) groups excluding carboxylic acids is 3. The second-order valence-electron chi connectivity index (χ2n) is 5.91. The van der Waals surface area contributed by atoms with E-state index in [1.165, 1.54) is 11.3 Å². The first kappa shape index (κ1) is 18.4. The molecule has 2 amide bonds. The summed E-state index contributed by atoms with van der Waals surface area (Å²) < 4.78 is 5.26. The Morgan fingerprint density at radius 1 is 1.38 bits per heavy atom. The van der Waals surface area contributed by atoms with Gasteiger partial charge in [0.2, 0.25) is 0 Å². The first-order valence-electron chi connectivity index (χ1n) is 8.34. The Morgan fingerprint density at radius 2 is 2.08 bits per heavy atom. The molecule has 1 aromatic heterocycles. The Hall–Kier alpha value is -1.89. The van der Waals surface area contributed by atoms with Gasteiger partial charge in [0.05, 0.1) is 10.8 Å². The van der Waals surface area contributed by atoms with Crippen molar-refractivity contribution in [2.24, 2.45) is 5.92 Å². The number of carbonyl (C=O) groups is 3. The van der Waals surface area contributed by atoms with Crippen LogP contribution in [0.25, 0.3) is 0 Å². The number of hydrogen-bond donors (Lipinski definition) is 1. The molecule has 0 unspecified atom stereocenters. The molecule has 6 nitrogen and oxygen atoms in total. The van der Waals surface area contributed by atoms with Gasteiger partial charge in [-0.05, 0) is 37.6 Å². The van der Waals surface area contributed by atoms with Crippen molar-refractivity contribution in [2.45, 2.75) is 39.2 Å². The van der Waals surface area contributed by atoms with Crippen LogP contribution in [0.1, 0.15) is 42.8 Å². The number of rotatable bonds is 6. The largest absolute Gasteiger partial charge is 0.452 e. The Kier molecular flexibility index (Phi) is 6.78. The molecule has 1 saturated heterocycles. The average molecular weight is 352 g/mol. The number of piperidine rings is 1. The van der Waals surface area contributed by atoms with Gasteiger partial charge in [-0.25, -0.2) is 0 Å². The Bertz CT molecular complexity index is 565. The van der Waals surface area contributed by atoms with E-state index in [1.54, 1.807) is 11.8 Å². The molecule has 1 fully saturated rings. The number of hydrogen-bond acceptors (Lipinski definition) is 5. The van der Waals surface area contributed by atoms with Gasteiger partial charge in [0, 0.05) is 19.6 Å². The van der Waals surface area contributed by atoms with Crippen molar-refractivity contribution in [3.05, 3.63) is 22.4 Å². The van der Waals surface area contributed by atoms with Crippen LogP contribution in [0.5, 0.6) is 0 Å². The normalized spacial score (nSPS) is 16.5. The molecular weight excluding hydrogens is 328 g/mol. The van der Waals surface area contributed by atoms with Crippen LogP contribution in [0, 0.1) is 5.92 Å². The number of ether oxygens (including phenoxy) is 1. The summed E-state index contributed by atoms with van der Waals surface area (Å²) >= 11 is 1.42. The second kappa shape index (κ2) is 8.82. The quantitative estimate of drug-likeness (QED) is 0.795. The maximum absolute atomic E-state index is 12.3. The van der Waals surface area contributed by atoms with Gasteiger partial charge in [-0.15, -0.1) is 11.3 Å². The summed E-state index contributed by atoms with van der Waals surface area (Å²) in [5.41, 5.74) is 0. The molecule has 0 saturated carbocycles. The van der Waals surface area contributed by atoms with Gasteiger partial charge in [0.15, 0.2) is 6.10 Å². The maximum Gasteiger partial charge on any atom is 0.309 e. The van der Waals surface area contributed by atoms with Gasteiger partial charge in [0.1, 0.15) is 0 Å². The van der Waals surface area contributed by atoms with Crippen LogP contribution < -0.4 is 5.32 Å². The first-order valence-corrected chi connectivity index (χ1v) is 9.21. The third-order valence-electron chi connectivity index (χ3n) is 4.06. The van der Waals surface area contributed by atoms with Crippen molar-refractivity contribution in [1.29, 1.82) is 0 Å². The molecule has 1 atom stereocenters. The van der Waals surface area contributed by atoms with Crippen LogP contribution in [0.3, 0.4) is 0 Å². The van der Waals surface area contributed by atoms with E-state index in [4.69, 9.17) is 4.74 Å². The minimum absolute atomic E-state index is 0.0177. The van der Waals surface area contributed by atoms with E-state index in [0.29, 0.717) is 32.5 Å². The molecule has 0 bridgehead atoms. The van der Waals surface area contributed by atoms with E-state index in [1.807, 2.05) is 24.4 Å². The van der Waals surface area contributed by atoms with E-state index < -0.39 is 6.10 Å². The SMILES string of the molecule is CCCNC(=O)[C@@H](C)OC(=O)C1CCN(C(=O)c2cccs2)CC1. The van der Waals surface area contributed by atoms with Gasteiger partial charge in [-0.2, -0.15) is 0 Å². The van der Waals surface area contributed by atoms with Crippen LogP contribution in [0.15, 0.2) is 17.5 Å². The lowest BCUT2D eigenvalue weighted by Crippen LogP contribution is -2.42. The maximum atomic E-state index is 12.3. The third-order valence-corrected chi connectivity index (χ3v) is 4.92. The van der Waals surface area contributed by atoms with Crippen molar-refractivity contribution in [1.82, 2.24) is 10.2 Å². The lowest BCUT2D eigenvalue weighted by atomic mass is 9.97. The summed E-state index contributed by atoms with van der Waals surface area (Å²) in [5.74, 6) is -0.851. The van der Waals surface area contributed by atoms with E-state index in [-0.39, 0.29) is 23.7 Å². The van der Waals surface area contributed by atoms with Crippen molar-refractivity contribution in [2.75, 3.05) is 19.6 Å². The Balaban J connectivity index is 1.78. The summed E-state index contributed by atoms with van der Waals surface area (Å²) in [6.07, 6.45) is 1.19. The van der Waals surface area contributed by atoms with Crippen LogP contribution in [0.2, 0.25) is 0 Å². The second-order valence-corrected chi connectivity index (χ2v) is 6.86. The summed E-state index contributed by atoms with van der Waals surface area (Å²) in [7, 11) is 0. The fourth-order valence-corrected chi connectivity index (χ4v) is 3.28. The molecule has 7 heteroatoms. The van der Waals surface area contributed by atoms with Gasteiger partial charge >= 0.3 is 5.97 Å². The smallest absolute Gasteiger partial charge is 0.309 e. The molecular formula is C17H24N2O4S. The third kappa shape index (κ3) is 4.80. The number of thiophene rings is 1. The van der Waals surface area contributed by atoms with E-state index in [9.17, 15) is 14.4 Å². The summed E-state index contributed by atoms with van der Waals surface area (Å²) in [5, 5.41) is 4.59. The molecule has 1 N–H and O–H groups in total. The number of nitrogens with one attached hydrogen (secondary N) is 1. The number of esters is 1. The van der Waals surface area contributed by atoms with Crippen LogP contribution in [-0.2, 0) is 14.3 Å². The highest BCUT2D eigenvalue weighted by Crippen LogP contribution is 2.22. The molecule has 0 spiro atoms. The molecule has 0 aliphatic carbocycles. The van der Waals surface area contributed by atoms with Crippen molar-refractivity contribution < 1.29 is 19.1 Å². The highest BCUT2D eigenvalue weighted by atomic mass is 32.1. The topological polar surface area (TPSA) is 75.7 Å². The van der Waals surface area contributed by atoms with Gasteiger partial charge in [-0.3, -0.25) is 14.4 Å². The van der Waals surface area contributed by atoms with Crippen molar-refractivity contribution >= 4 is 29.1 Å². The average Bonchev–Trinajstić information content (AvgIpc) is 3.13. The minimum Gasteiger partial charge on any atom is -0.452 e. The van der Waals surface area contributed by atoms with Crippen LogP contribution >= 0.6 is 11.3 Å². The molecule has 1 aliphatic rings. The van der Waals surface area contributed by atoms with Crippen molar-refractivity contribution in [3.8, 4) is 0 Å². The van der Waals surface area contributed by atoms with Gasteiger partial charge < -0.3 is 15.0 Å². The molecule has 24 heavy (non-hydrogen) atoms. The summed E-state index contributed by atoms with van der Waals surface area (Å²) in [4.78, 5) is 38.7. The van der Waals surface area contributed by atoms with Gasteiger partial charge in [-0.1, -0.05) is 13.0 Å². The van der Waals surface area contributed by atoms with Crippen molar-refractivity contribution in [3.63, 3.8) is 0 Å². The fourth-order valence-electron chi connectivity index (χ4n) is 2.59. The zero-order valence-corrected chi connectivity index (χ0v) is 14.9. The zero-order chi connectivity index (χ0) is 17.5. The Morgan fingerprint density at radius 3 is 2.67 bits per heavy atom. The number of amides is 2. The predicted molar refractivity (Wildman–Crippen MR) is 91.8 cm³/mol. The zero-order valence-electron chi connectivity index (χ0n) is 14.1. The predicted octanol–water partition coefficient (Wildman–Crippen LogP) is 2.06. The molecule has 0 aromatic carbocycles. The molecule has 1 aromatic rings. The van der Waals surface area contributed by atoms with Gasteiger partial charge in [0.25, 0.3) is 11.8 Å². The standard InChI is InChI=1S/C17H24N2O4S/c1-3-8-18-15(20)12(2)23-17(22)13-6-9-19(10-7-13)16(21)14-5-4-11-24-14/h4-5,11-13H,3,6-10H2,1-2H3,(H,18,20)/t12-/m1/s1. The van der Waals surface area contributed by atoms with E-state index in [2.05, 4.69) is 5.32 Å². The minimum atomic E-state index is -0.783. The number of likely N-dealkylation sites (tertiary alicyclic amines) is 1. The first-order chi connectivity index (χ1) is 11.5. The fraction of sp³-hybridized carbons (Fsp3) is 0.588. The lowest BCUT2D eigenvalue weighted by molar-refractivity contribution is -0.160. The summed E-state index contributed by atoms with van der Waals surface area (Å²) in [6.45, 7) is 5.18. The molecule has 2 heterocycles. The Labute approximate surface area is 146 Å². The van der Waals surface area contributed by atoms with Crippen LogP contribution in [-0.4, -0.2) is 48.4 Å². The lowest BCUT2D eigenvalue weighted by Gasteiger charge is -2.31. The highest BCUT2D eigenvalue weighted by Gasteiger charge is 2.30. The summed E-state index contributed by atoms with van der Waals surface area (Å²) in [6, 6.07) is 3.66. The monoisotopic (exact) mass is 352 g/mol. The van der Waals surface area contributed by atoms with Crippen LogP contribution in [0.4, 0.5) is 0 Å². The molecule has 0 radical (unpaired) electrons.